The number of hydrogen-bond acceptors (Lipinski definition) is 4. The summed E-state index contributed by atoms with van der Waals surface area (Å²) < 4.78 is 46.1. The lowest BCUT2D eigenvalue weighted by molar-refractivity contribution is -0.137. The summed E-state index contributed by atoms with van der Waals surface area (Å²) in [5, 5.41) is 6.88. The zero-order valence-electron chi connectivity index (χ0n) is 17.4. The van der Waals surface area contributed by atoms with E-state index >= 15 is 0 Å². The molecule has 0 aliphatic carbocycles. The van der Waals surface area contributed by atoms with Crippen molar-refractivity contribution in [2.24, 2.45) is 0 Å². The maximum atomic E-state index is 13.6. The quantitative estimate of drug-likeness (QED) is 0.450. The van der Waals surface area contributed by atoms with Gasteiger partial charge in [-0.1, -0.05) is 30.3 Å². The fraction of sp³-hybridized carbons (Fsp3) is 0.250. The Bertz CT molecular complexity index is 1180. The Morgan fingerprint density at radius 1 is 1.00 bits per heavy atom. The van der Waals surface area contributed by atoms with Crippen LogP contribution in [0.4, 0.5) is 24.5 Å². The summed E-state index contributed by atoms with van der Waals surface area (Å²) >= 11 is 1.24. The molecule has 1 aliphatic heterocycles. The van der Waals surface area contributed by atoms with Crippen molar-refractivity contribution in [1.82, 2.24) is 0 Å². The number of amides is 2. The Balaban J connectivity index is 1.43. The first kappa shape index (κ1) is 23.1. The molecule has 0 spiro atoms. The third-order valence-electron chi connectivity index (χ3n) is 5.18. The highest BCUT2D eigenvalue weighted by molar-refractivity contribution is 8.00. The highest BCUT2D eigenvalue weighted by Gasteiger charge is 2.34. The lowest BCUT2D eigenvalue weighted by Crippen LogP contribution is -2.27. The molecule has 1 unspecified atom stereocenters. The van der Waals surface area contributed by atoms with Crippen LogP contribution in [-0.2, 0) is 20.5 Å². The predicted octanol–water partition coefficient (Wildman–Crippen LogP) is 5.71. The van der Waals surface area contributed by atoms with E-state index in [1.54, 1.807) is 0 Å². The van der Waals surface area contributed by atoms with Gasteiger partial charge >= 0.3 is 6.18 Å². The fourth-order valence-electron chi connectivity index (χ4n) is 3.57. The van der Waals surface area contributed by atoms with Gasteiger partial charge in [-0.2, -0.15) is 13.2 Å². The Labute approximate surface area is 192 Å². The summed E-state index contributed by atoms with van der Waals surface area (Å²) in [6, 6.07) is 16.8. The molecule has 1 saturated heterocycles. The van der Waals surface area contributed by atoms with Gasteiger partial charge in [0.15, 0.2) is 0 Å². The van der Waals surface area contributed by atoms with Crippen LogP contribution >= 0.6 is 11.8 Å². The van der Waals surface area contributed by atoms with Crippen molar-refractivity contribution in [3.05, 3.63) is 66.2 Å². The number of ether oxygens (including phenoxy) is 1. The van der Waals surface area contributed by atoms with Gasteiger partial charge in [0.25, 0.3) is 5.91 Å². The topological polar surface area (TPSA) is 67.4 Å². The summed E-state index contributed by atoms with van der Waals surface area (Å²) in [6.45, 7) is 0.452. The minimum atomic E-state index is -4.71. The van der Waals surface area contributed by atoms with Crippen LogP contribution in [0.2, 0.25) is 0 Å². The van der Waals surface area contributed by atoms with Crippen molar-refractivity contribution >= 4 is 45.7 Å². The van der Waals surface area contributed by atoms with Crippen molar-refractivity contribution in [1.29, 1.82) is 0 Å². The molecule has 9 heteroatoms. The van der Waals surface area contributed by atoms with Gasteiger partial charge in [0.1, 0.15) is 6.10 Å². The number of rotatable bonds is 6. The van der Waals surface area contributed by atoms with Gasteiger partial charge in [0.05, 0.1) is 17.0 Å². The molecule has 2 amide bonds. The minimum Gasteiger partial charge on any atom is -0.368 e. The maximum Gasteiger partial charge on any atom is 0.418 e. The Hall–Kier alpha value is -3.04. The third-order valence-corrected chi connectivity index (χ3v) is 6.17. The largest absolute Gasteiger partial charge is 0.418 e. The van der Waals surface area contributed by atoms with Crippen LogP contribution in [0.3, 0.4) is 0 Å². The standard InChI is InChI=1S/C24H21F3N2O3S/c25-24(26,27)19-13-17(28-23(31)21-6-3-11-32-21)8-10-20(19)29-22(30)14-33-18-9-7-15-4-1-2-5-16(15)12-18/h1-2,4-5,7-10,12-13,21H,3,6,11,14H2,(H,28,31)(H,29,30). The molecule has 0 aromatic heterocycles. The number of alkyl halides is 3. The highest BCUT2D eigenvalue weighted by Crippen LogP contribution is 2.37. The maximum absolute atomic E-state index is 13.6. The van der Waals surface area contributed by atoms with Crippen LogP contribution < -0.4 is 10.6 Å². The monoisotopic (exact) mass is 474 g/mol. The molecule has 5 nitrogen and oxygen atoms in total. The van der Waals surface area contributed by atoms with E-state index in [1.807, 2.05) is 42.5 Å². The van der Waals surface area contributed by atoms with Crippen LogP contribution in [0, 0.1) is 0 Å². The van der Waals surface area contributed by atoms with Gasteiger partial charge in [-0.05, 0) is 53.9 Å². The molecule has 1 aliphatic rings. The third kappa shape index (κ3) is 5.85. The molecule has 3 aromatic rings. The van der Waals surface area contributed by atoms with Gasteiger partial charge in [-0.3, -0.25) is 9.59 Å². The molecule has 0 bridgehead atoms. The highest BCUT2D eigenvalue weighted by atomic mass is 32.2. The van der Waals surface area contributed by atoms with Crippen molar-refractivity contribution in [2.45, 2.75) is 30.0 Å². The second-order valence-electron chi connectivity index (χ2n) is 7.59. The van der Waals surface area contributed by atoms with Crippen LogP contribution in [0.15, 0.2) is 65.6 Å². The Morgan fingerprint density at radius 2 is 1.79 bits per heavy atom. The second-order valence-corrected chi connectivity index (χ2v) is 8.64. The first-order valence-electron chi connectivity index (χ1n) is 10.3. The normalized spacial score (nSPS) is 16.0. The van der Waals surface area contributed by atoms with Crippen LogP contribution in [-0.4, -0.2) is 30.3 Å². The first-order chi connectivity index (χ1) is 15.8. The lowest BCUT2D eigenvalue weighted by atomic mass is 10.1. The summed E-state index contributed by atoms with van der Waals surface area (Å²) in [5.74, 6) is -1.09. The van der Waals surface area contributed by atoms with E-state index in [1.165, 1.54) is 17.8 Å². The van der Waals surface area contributed by atoms with Crippen molar-refractivity contribution in [3.8, 4) is 0 Å². The van der Waals surface area contributed by atoms with E-state index in [0.29, 0.717) is 13.0 Å². The number of carbonyl (C=O) groups excluding carboxylic acids is 2. The SMILES string of the molecule is O=C(CSc1ccc2ccccc2c1)Nc1ccc(NC(=O)C2CCCO2)cc1C(F)(F)F. The molecule has 2 N–H and O–H groups in total. The van der Waals surface area contributed by atoms with E-state index in [2.05, 4.69) is 10.6 Å². The van der Waals surface area contributed by atoms with Gasteiger partial charge in [-0.15, -0.1) is 11.8 Å². The average Bonchev–Trinajstić information content (AvgIpc) is 3.33. The van der Waals surface area contributed by atoms with E-state index in [4.69, 9.17) is 4.74 Å². The first-order valence-corrected chi connectivity index (χ1v) is 11.3. The van der Waals surface area contributed by atoms with Gasteiger partial charge in [0.2, 0.25) is 5.91 Å². The molecular weight excluding hydrogens is 453 g/mol. The molecule has 1 heterocycles. The summed E-state index contributed by atoms with van der Waals surface area (Å²) in [4.78, 5) is 25.4. The average molecular weight is 475 g/mol. The van der Waals surface area contributed by atoms with E-state index < -0.39 is 29.7 Å². The lowest BCUT2D eigenvalue weighted by Gasteiger charge is -2.17. The van der Waals surface area contributed by atoms with Crippen molar-refractivity contribution in [2.75, 3.05) is 23.0 Å². The van der Waals surface area contributed by atoms with Crippen LogP contribution in [0.25, 0.3) is 10.8 Å². The number of carbonyl (C=O) groups is 2. The smallest absolute Gasteiger partial charge is 0.368 e. The Kier molecular flexibility index (Phi) is 6.90. The van der Waals surface area contributed by atoms with Gasteiger partial charge in [0, 0.05) is 17.2 Å². The summed E-state index contributed by atoms with van der Waals surface area (Å²) in [5.41, 5.74) is -1.40. The summed E-state index contributed by atoms with van der Waals surface area (Å²) in [7, 11) is 0. The molecule has 3 aromatic carbocycles. The van der Waals surface area contributed by atoms with Crippen LogP contribution in [0.5, 0.6) is 0 Å². The van der Waals surface area contributed by atoms with E-state index in [0.717, 1.165) is 34.2 Å². The number of benzene rings is 3. The molecule has 1 atom stereocenters. The van der Waals surface area contributed by atoms with E-state index in [-0.39, 0.29) is 17.1 Å². The van der Waals surface area contributed by atoms with Gasteiger partial charge in [-0.25, -0.2) is 0 Å². The molecule has 0 saturated carbocycles. The Morgan fingerprint density at radius 3 is 2.52 bits per heavy atom. The number of thioether (sulfide) groups is 1. The predicted molar refractivity (Wildman–Crippen MR) is 122 cm³/mol. The number of halogens is 3. The van der Waals surface area contributed by atoms with Crippen molar-refractivity contribution in [3.63, 3.8) is 0 Å². The fourth-order valence-corrected chi connectivity index (χ4v) is 4.31. The van der Waals surface area contributed by atoms with E-state index in [9.17, 15) is 22.8 Å². The summed E-state index contributed by atoms with van der Waals surface area (Å²) in [6.07, 6.45) is -4.11. The zero-order chi connectivity index (χ0) is 23.4. The van der Waals surface area contributed by atoms with Gasteiger partial charge < -0.3 is 15.4 Å². The number of nitrogens with one attached hydrogen (secondary N) is 2. The zero-order valence-corrected chi connectivity index (χ0v) is 18.3. The number of anilines is 2. The number of hydrogen-bond donors (Lipinski definition) is 2. The molecule has 0 radical (unpaired) electrons. The molecule has 172 valence electrons. The molecule has 4 rings (SSSR count). The second kappa shape index (κ2) is 9.84. The molecule has 33 heavy (non-hydrogen) atoms. The van der Waals surface area contributed by atoms with Crippen LogP contribution in [0.1, 0.15) is 18.4 Å². The molecular formula is C24H21F3N2O3S. The number of fused-ring (bicyclic) bond motifs is 1. The molecule has 1 fully saturated rings. The van der Waals surface area contributed by atoms with Crippen molar-refractivity contribution < 1.29 is 27.5 Å². The minimum absolute atomic E-state index is 0.00800.